The van der Waals surface area contributed by atoms with Crippen LogP contribution in [0, 0.1) is 11.8 Å². The Hall–Kier alpha value is -1.44. The molecular formula is C20H29N3O4. The lowest BCUT2D eigenvalue weighted by atomic mass is 9.76. The molecule has 0 N–H and O–H groups in total. The summed E-state index contributed by atoms with van der Waals surface area (Å²) in [7, 11) is 0. The van der Waals surface area contributed by atoms with E-state index in [1.165, 1.54) is 19.3 Å². The highest BCUT2D eigenvalue weighted by Gasteiger charge is 2.67. The quantitative estimate of drug-likeness (QED) is 0.653. The molecule has 0 unspecified atom stereocenters. The number of carbonyl (C=O) groups is 2. The number of carbonyl (C=O) groups excluding carboxylic acids is 2. The van der Waals surface area contributed by atoms with Crippen LogP contribution in [0.2, 0.25) is 0 Å². The number of morpholine rings is 1. The zero-order chi connectivity index (χ0) is 18.4. The zero-order valence-electron chi connectivity index (χ0n) is 15.8. The number of rotatable bonds is 4. The summed E-state index contributed by atoms with van der Waals surface area (Å²) in [6.45, 7) is 6.87. The van der Waals surface area contributed by atoms with Crippen molar-refractivity contribution in [1.82, 2.24) is 14.7 Å². The first-order valence-corrected chi connectivity index (χ1v) is 10.4. The summed E-state index contributed by atoms with van der Waals surface area (Å²) in [5.41, 5.74) is -0.587. The lowest BCUT2D eigenvalue weighted by Crippen LogP contribution is -2.49. The topological polar surface area (TPSA) is 62.3 Å². The SMILES string of the molecule is O=C([C@H]1[C@@H]2C=C[C@@]3(CN(CCN4CCCCC4)C(=O)[C@@H]13)O2)N1CCOCC1. The lowest BCUT2D eigenvalue weighted by Gasteiger charge is -2.32. The number of piperidine rings is 1. The maximum atomic E-state index is 13.2. The predicted octanol–water partition coefficient (Wildman–Crippen LogP) is 0.113. The molecule has 4 fully saturated rings. The van der Waals surface area contributed by atoms with E-state index in [2.05, 4.69) is 4.90 Å². The maximum absolute atomic E-state index is 13.2. The monoisotopic (exact) mass is 375 g/mol. The maximum Gasteiger partial charge on any atom is 0.230 e. The molecule has 5 aliphatic heterocycles. The molecule has 5 heterocycles. The first-order chi connectivity index (χ1) is 13.2. The second kappa shape index (κ2) is 6.87. The van der Waals surface area contributed by atoms with Crippen LogP contribution in [0.25, 0.3) is 0 Å². The van der Waals surface area contributed by atoms with E-state index in [4.69, 9.17) is 9.47 Å². The van der Waals surface area contributed by atoms with Crippen LogP contribution in [0.1, 0.15) is 19.3 Å². The molecule has 2 bridgehead atoms. The van der Waals surface area contributed by atoms with Gasteiger partial charge in [0.05, 0.1) is 37.7 Å². The number of amides is 2. The van der Waals surface area contributed by atoms with Crippen molar-refractivity contribution in [3.05, 3.63) is 12.2 Å². The van der Waals surface area contributed by atoms with Crippen molar-refractivity contribution in [2.45, 2.75) is 31.0 Å². The third-order valence-corrected chi connectivity index (χ3v) is 6.92. The predicted molar refractivity (Wildman–Crippen MR) is 98.0 cm³/mol. The molecule has 0 saturated carbocycles. The summed E-state index contributed by atoms with van der Waals surface area (Å²) in [5, 5.41) is 0. The van der Waals surface area contributed by atoms with Crippen molar-refractivity contribution < 1.29 is 19.1 Å². The number of hydrogen-bond donors (Lipinski definition) is 0. The van der Waals surface area contributed by atoms with E-state index >= 15 is 0 Å². The van der Waals surface area contributed by atoms with Crippen LogP contribution in [0.15, 0.2) is 12.2 Å². The van der Waals surface area contributed by atoms with Crippen LogP contribution in [0.5, 0.6) is 0 Å². The van der Waals surface area contributed by atoms with Crippen LogP contribution < -0.4 is 0 Å². The fraction of sp³-hybridized carbons (Fsp3) is 0.800. The second-order valence-electron chi connectivity index (χ2n) is 8.50. The number of likely N-dealkylation sites (tertiary alicyclic amines) is 2. The first kappa shape index (κ1) is 17.6. The number of fused-ring (bicyclic) bond motifs is 1. The number of hydrogen-bond acceptors (Lipinski definition) is 5. The minimum atomic E-state index is -0.587. The number of ether oxygens (including phenoxy) is 2. The highest BCUT2D eigenvalue weighted by Crippen LogP contribution is 2.52. The van der Waals surface area contributed by atoms with Crippen molar-refractivity contribution in [2.75, 3.05) is 59.0 Å². The third kappa shape index (κ3) is 2.91. The van der Waals surface area contributed by atoms with Gasteiger partial charge in [-0.05, 0) is 25.9 Å². The average Bonchev–Trinajstić information content (AvgIpc) is 3.35. The van der Waals surface area contributed by atoms with Crippen molar-refractivity contribution in [3.8, 4) is 0 Å². The largest absolute Gasteiger partial charge is 0.378 e. The third-order valence-electron chi connectivity index (χ3n) is 6.92. The van der Waals surface area contributed by atoms with E-state index in [1.807, 2.05) is 22.0 Å². The summed E-state index contributed by atoms with van der Waals surface area (Å²) in [6.07, 6.45) is 7.62. The van der Waals surface area contributed by atoms with Gasteiger partial charge in [-0.3, -0.25) is 9.59 Å². The van der Waals surface area contributed by atoms with Gasteiger partial charge in [0.1, 0.15) is 5.60 Å². The molecule has 0 aromatic carbocycles. The van der Waals surface area contributed by atoms with E-state index < -0.39 is 5.60 Å². The van der Waals surface area contributed by atoms with E-state index in [1.54, 1.807) is 0 Å². The van der Waals surface area contributed by atoms with Gasteiger partial charge in [-0.25, -0.2) is 0 Å². The Morgan fingerprint density at radius 3 is 2.67 bits per heavy atom. The average molecular weight is 375 g/mol. The van der Waals surface area contributed by atoms with Crippen LogP contribution in [0.4, 0.5) is 0 Å². The highest BCUT2D eigenvalue weighted by atomic mass is 16.5. The van der Waals surface area contributed by atoms with Gasteiger partial charge in [0.25, 0.3) is 0 Å². The molecule has 4 saturated heterocycles. The number of nitrogens with zero attached hydrogens (tertiary/aromatic N) is 3. The molecule has 0 radical (unpaired) electrons. The second-order valence-corrected chi connectivity index (χ2v) is 8.50. The summed E-state index contributed by atoms with van der Waals surface area (Å²) < 4.78 is 11.6. The summed E-state index contributed by atoms with van der Waals surface area (Å²) in [5.74, 6) is -0.569. The minimum Gasteiger partial charge on any atom is -0.378 e. The summed E-state index contributed by atoms with van der Waals surface area (Å²) in [6, 6.07) is 0. The van der Waals surface area contributed by atoms with Gasteiger partial charge in [0.15, 0.2) is 0 Å². The fourth-order valence-electron chi connectivity index (χ4n) is 5.49. The summed E-state index contributed by atoms with van der Waals surface area (Å²) in [4.78, 5) is 32.6. The first-order valence-electron chi connectivity index (χ1n) is 10.4. The Labute approximate surface area is 160 Å². The van der Waals surface area contributed by atoms with Gasteiger partial charge in [-0.1, -0.05) is 18.6 Å². The molecule has 2 amide bonds. The molecule has 1 spiro atoms. The Bertz CT molecular complexity index is 641. The van der Waals surface area contributed by atoms with Crippen molar-refractivity contribution in [3.63, 3.8) is 0 Å². The van der Waals surface area contributed by atoms with Crippen LogP contribution in [-0.2, 0) is 19.1 Å². The molecule has 7 nitrogen and oxygen atoms in total. The van der Waals surface area contributed by atoms with Gasteiger partial charge >= 0.3 is 0 Å². The highest BCUT2D eigenvalue weighted by molar-refractivity contribution is 5.93. The normalized spacial score (nSPS) is 38.7. The van der Waals surface area contributed by atoms with Crippen LogP contribution >= 0.6 is 0 Å². The molecule has 27 heavy (non-hydrogen) atoms. The van der Waals surface area contributed by atoms with Crippen LogP contribution in [-0.4, -0.2) is 97.2 Å². The van der Waals surface area contributed by atoms with E-state index in [-0.39, 0.29) is 29.8 Å². The standard InChI is InChI=1S/C20H29N3O4/c24-18(22-10-12-26-13-11-22)16-15-4-5-20(27-15)14-23(19(25)17(16)20)9-8-21-6-2-1-3-7-21/h4-5,15-17H,1-3,6-14H2/t15-,16-,17+,20-/m0/s1. The van der Waals surface area contributed by atoms with Crippen molar-refractivity contribution in [1.29, 1.82) is 0 Å². The van der Waals surface area contributed by atoms with Gasteiger partial charge in [-0.15, -0.1) is 0 Å². The van der Waals surface area contributed by atoms with Gasteiger partial charge in [0.2, 0.25) is 11.8 Å². The smallest absolute Gasteiger partial charge is 0.230 e. The summed E-state index contributed by atoms with van der Waals surface area (Å²) >= 11 is 0. The van der Waals surface area contributed by atoms with E-state index in [0.29, 0.717) is 32.8 Å². The fourth-order valence-corrected chi connectivity index (χ4v) is 5.49. The molecule has 0 aromatic rings. The molecule has 5 aliphatic rings. The molecule has 0 aliphatic carbocycles. The van der Waals surface area contributed by atoms with Gasteiger partial charge < -0.3 is 24.2 Å². The zero-order valence-corrected chi connectivity index (χ0v) is 15.8. The molecule has 5 rings (SSSR count). The Morgan fingerprint density at radius 2 is 1.89 bits per heavy atom. The molecule has 148 valence electrons. The Kier molecular flexibility index (Phi) is 4.49. The molecule has 0 aromatic heterocycles. The van der Waals surface area contributed by atoms with E-state index in [0.717, 1.165) is 26.2 Å². The van der Waals surface area contributed by atoms with Crippen molar-refractivity contribution >= 4 is 11.8 Å². The Balaban J connectivity index is 1.29. The molecule has 4 atom stereocenters. The molecule has 7 heteroatoms. The molecular weight excluding hydrogens is 346 g/mol. The van der Waals surface area contributed by atoms with Crippen LogP contribution in [0.3, 0.4) is 0 Å². The van der Waals surface area contributed by atoms with E-state index in [9.17, 15) is 9.59 Å². The lowest BCUT2D eigenvalue weighted by molar-refractivity contribution is -0.146. The van der Waals surface area contributed by atoms with Crippen molar-refractivity contribution in [2.24, 2.45) is 11.8 Å². The van der Waals surface area contributed by atoms with Gasteiger partial charge in [-0.2, -0.15) is 0 Å². The van der Waals surface area contributed by atoms with Gasteiger partial charge in [0, 0.05) is 26.2 Å². The minimum absolute atomic E-state index is 0.0609. The Morgan fingerprint density at radius 1 is 1.11 bits per heavy atom.